The highest BCUT2D eigenvalue weighted by Crippen LogP contribution is 2.25. The number of rotatable bonds is 5. The van der Waals surface area contributed by atoms with Crippen molar-refractivity contribution >= 4 is 27.8 Å². The molecule has 0 saturated heterocycles. The Morgan fingerprint density at radius 1 is 1.11 bits per heavy atom. The van der Waals surface area contributed by atoms with E-state index in [0.717, 1.165) is 27.6 Å². The lowest BCUT2D eigenvalue weighted by atomic mass is 10.2. The Morgan fingerprint density at radius 3 is 2.78 bits per heavy atom. The number of carbonyl (C=O) groups excluding carboxylic acids is 1. The number of furan rings is 1. The van der Waals surface area contributed by atoms with Crippen LogP contribution in [0.25, 0.3) is 21.9 Å². The number of hydrogen-bond donors (Lipinski definition) is 1. The molecular weight excluding hydrogens is 340 g/mol. The van der Waals surface area contributed by atoms with Crippen molar-refractivity contribution < 1.29 is 13.9 Å². The van der Waals surface area contributed by atoms with Gasteiger partial charge in [-0.2, -0.15) is 0 Å². The molecule has 0 aliphatic carbocycles. The van der Waals surface area contributed by atoms with Crippen molar-refractivity contribution in [1.29, 1.82) is 0 Å². The van der Waals surface area contributed by atoms with Crippen LogP contribution >= 0.6 is 0 Å². The lowest BCUT2D eigenvalue weighted by Gasteiger charge is -2.13. The number of aromatic nitrogens is 1. The third kappa shape index (κ3) is 3.62. The van der Waals surface area contributed by atoms with Gasteiger partial charge in [0.15, 0.2) is 6.61 Å². The second-order valence-corrected chi connectivity index (χ2v) is 6.54. The highest BCUT2D eigenvalue weighted by molar-refractivity contribution is 5.85. The van der Waals surface area contributed by atoms with Crippen molar-refractivity contribution in [2.24, 2.45) is 0 Å². The van der Waals surface area contributed by atoms with Gasteiger partial charge in [0, 0.05) is 16.5 Å². The smallest absolute Gasteiger partial charge is 0.258 e. The van der Waals surface area contributed by atoms with Gasteiger partial charge in [-0.3, -0.25) is 4.79 Å². The molecule has 2 aromatic heterocycles. The van der Waals surface area contributed by atoms with Crippen LogP contribution in [-0.2, 0) is 4.79 Å². The number of para-hydroxylation sites is 2. The van der Waals surface area contributed by atoms with Gasteiger partial charge in [-0.25, -0.2) is 4.98 Å². The van der Waals surface area contributed by atoms with E-state index in [2.05, 4.69) is 10.3 Å². The summed E-state index contributed by atoms with van der Waals surface area (Å²) in [6.07, 6.45) is 0. The monoisotopic (exact) mass is 360 g/mol. The van der Waals surface area contributed by atoms with Crippen LogP contribution in [0.3, 0.4) is 0 Å². The van der Waals surface area contributed by atoms with E-state index in [1.165, 1.54) is 0 Å². The minimum absolute atomic E-state index is 0.0840. The molecule has 0 spiro atoms. The number of nitrogens with one attached hydrogen (secondary N) is 1. The van der Waals surface area contributed by atoms with Gasteiger partial charge in [0.1, 0.15) is 22.6 Å². The number of benzene rings is 2. The molecule has 0 aliphatic heterocycles. The van der Waals surface area contributed by atoms with Crippen molar-refractivity contribution in [3.63, 3.8) is 0 Å². The van der Waals surface area contributed by atoms with Crippen LogP contribution in [0, 0.1) is 6.92 Å². The van der Waals surface area contributed by atoms with Crippen molar-refractivity contribution in [2.45, 2.75) is 19.9 Å². The molecule has 0 saturated carbocycles. The van der Waals surface area contributed by atoms with Crippen molar-refractivity contribution in [2.75, 3.05) is 6.61 Å². The number of ether oxygens (including phenoxy) is 1. The van der Waals surface area contributed by atoms with Crippen molar-refractivity contribution in [3.05, 3.63) is 72.1 Å². The average molecular weight is 360 g/mol. The molecule has 1 N–H and O–H groups in total. The molecule has 1 atom stereocenters. The van der Waals surface area contributed by atoms with Crippen molar-refractivity contribution in [1.82, 2.24) is 10.3 Å². The van der Waals surface area contributed by atoms with Gasteiger partial charge in [-0.05, 0) is 38.1 Å². The SMILES string of the molecule is Cc1ccc2cccc(OCC(=O)N[C@@H](C)c3cc4ccccc4o3)c2n1. The maximum absolute atomic E-state index is 12.3. The van der Waals surface area contributed by atoms with E-state index in [1.807, 2.05) is 74.5 Å². The first-order valence-corrected chi connectivity index (χ1v) is 8.87. The third-order valence-corrected chi connectivity index (χ3v) is 4.43. The summed E-state index contributed by atoms with van der Waals surface area (Å²) in [5.74, 6) is 1.10. The van der Waals surface area contributed by atoms with Crippen LogP contribution in [0.5, 0.6) is 5.75 Å². The van der Waals surface area contributed by atoms with E-state index < -0.39 is 0 Å². The third-order valence-electron chi connectivity index (χ3n) is 4.43. The summed E-state index contributed by atoms with van der Waals surface area (Å²) in [6.45, 7) is 3.73. The van der Waals surface area contributed by atoms with Gasteiger partial charge in [-0.1, -0.05) is 36.4 Å². The van der Waals surface area contributed by atoms with Crippen LogP contribution < -0.4 is 10.1 Å². The Labute approximate surface area is 157 Å². The summed E-state index contributed by atoms with van der Waals surface area (Å²) in [4.78, 5) is 16.8. The second kappa shape index (κ2) is 7.11. The van der Waals surface area contributed by atoms with Crippen LogP contribution in [0.15, 0.2) is 65.1 Å². The lowest BCUT2D eigenvalue weighted by molar-refractivity contribution is -0.123. The first-order valence-electron chi connectivity index (χ1n) is 8.87. The highest BCUT2D eigenvalue weighted by Gasteiger charge is 2.15. The van der Waals surface area contributed by atoms with Gasteiger partial charge in [-0.15, -0.1) is 0 Å². The topological polar surface area (TPSA) is 64.4 Å². The molecule has 2 aromatic carbocycles. The van der Waals surface area contributed by atoms with Crippen LogP contribution in [-0.4, -0.2) is 17.5 Å². The Hall–Kier alpha value is -3.34. The fourth-order valence-corrected chi connectivity index (χ4v) is 3.05. The Balaban J connectivity index is 1.43. The maximum Gasteiger partial charge on any atom is 0.258 e. The first kappa shape index (κ1) is 17.1. The molecule has 0 aliphatic rings. The molecule has 4 rings (SSSR count). The van der Waals surface area contributed by atoms with E-state index in [-0.39, 0.29) is 18.6 Å². The minimum atomic E-state index is -0.249. The fourth-order valence-electron chi connectivity index (χ4n) is 3.05. The lowest BCUT2D eigenvalue weighted by Crippen LogP contribution is -2.31. The second-order valence-electron chi connectivity index (χ2n) is 6.54. The zero-order valence-electron chi connectivity index (χ0n) is 15.2. The van der Waals surface area contributed by atoms with Gasteiger partial charge < -0.3 is 14.5 Å². The van der Waals surface area contributed by atoms with E-state index in [9.17, 15) is 4.79 Å². The summed E-state index contributed by atoms with van der Waals surface area (Å²) < 4.78 is 11.5. The van der Waals surface area contributed by atoms with Gasteiger partial charge in [0.2, 0.25) is 0 Å². The molecule has 5 heteroatoms. The summed E-state index contributed by atoms with van der Waals surface area (Å²) in [5.41, 5.74) is 2.47. The first-order chi connectivity index (χ1) is 13.1. The standard InChI is InChI=1S/C22H20N2O3/c1-14-10-11-16-7-5-9-19(22(16)23-14)26-13-21(25)24-15(2)20-12-17-6-3-4-8-18(17)27-20/h3-12,15H,13H2,1-2H3,(H,24,25)/t15-/m0/s1. The van der Waals surface area contributed by atoms with Crippen molar-refractivity contribution in [3.8, 4) is 5.75 Å². The molecule has 1 amide bonds. The summed E-state index contributed by atoms with van der Waals surface area (Å²) in [5, 5.41) is 4.91. The number of fused-ring (bicyclic) bond motifs is 2. The number of aryl methyl sites for hydroxylation is 1. The predicted octanol–water partition coefficient (Wildman–Crippen LogP) is 4.55. The highest BCUT2D eigenvalue weighted by atomic mass is 16.5. The van der Waals surface area contributed by atoms with E-state index >= 15 is 0 Å². The zero-order chi connectivity index (χ0) is 18.8. The summed E-state index contributed by atoms with van der Waals surface area (Å²) in [6, 6.07) is 19.1. The number of amides is 1. The van der Waals surface area contributed by atoms with Gasteiger partial charge in [0.05, 0.1) is 6.04 Å². The quantitative estimate of drug-likeness (QED) is 0.567. The molecule has 0 fully saturated rings. The van der Waals surface area contributed by atoms with Crippen LogP contribution in [0.2, 0.25) is 0 Å². The molecule has 0 radical (unpaired) electrons. The fraction of sp³-hybridized carbons (Fsp3) is 0.182. The van der Waals surface area contributed by atoms with Gasteiger partial charge >= 0.3 is 0 Å². The zero-order valence-corrected chi connectivity index (χ0v) is 15.2. The van der Waals surface area contributed by atoms with Crippen LogP contribution in [0.1, 0.15) is 24.4 Å². The summed E-state index contributed by atoms with van der Waals surface area (Å²) in [7, 11) is 0. The van der Waals surface area contributed by atoms with E-state index in [4.69, 9.17) is 9.15 Å². The molecule has 0 unspecified atom stereocenters. The molecule has 5 nitrogen and oxygen atoms in total. The van der Waals surface area contributed by atoms with Gasteiger partial charge in [0.25, 0.3) is 5.91 Å². The summed E-state index contributed by atoms with van der Waals surface area (Å²) >= 11 is 0. The number of hydrogen-bond acceptors (Lipinski definition) is 4. The predicted molar refractivity (Wildman–Crippen MR) is 105 cm³/mol. The molecule has 2 heterocycles. The molecular formula is C22H20N2O3. The largest absolute Gasteiger partial charge is 0.481 e. The Kier molecular flexibility index (Phi) is 4.50. The number of pyridine rings is 1. The molecule has 27 heavy (non-hydrogen) atoms. The molecule has 136 valence electrons. The normalized spacial score (nSPS) is 12.2. The maximum atomic E-state index is 12.3. The molecule has 0 bridgehead atoms. The van der Waals surface area contributed by atoms with Crippen LogP contribution in [0.4, 0.5) is 0 Å². The van der Waals surface area contributed by atoms with E-state index in [1.54, 1.807) is 0 Å². The Morgan fingerprint density at radius 2 is 1.93 bits per heavy atom. The number of nitrogens with zero attached hydrogens (tertiary/aromatic N) is 1. The molecule has 4 aromatic rings. The van der Waals surface area contributed by atoms with E-state index in [0.29, 0.717) is 11.5 Å². The average Bonchev–Trinajstić information content (AvgIpc) is 3.11. The minimum Gasteiger partial charge on any atom is -0.481 e. The Bertz CT molecular complexity index is 1080. The number of carbonyl (C=O) groups is 1.